The van der Waals surface area contributed by atoms with Crippen molar-refractivity contribution in [3.63, 3.8) is 0 Å². The molecule has 6 nitrogen and oxygen atoms in total. The van der Waals surface area contributed by atoms with Gasteiger partial charge in [0.1, 0.15) is 5.56 Å². The Morgan fingerprint density at radius 3 is 2.44 bits per heavy atom. The van der Waals surface area contributed by atoms with Gasteiger partial charge in [-0.05, 0) is 13.3 Å². The summed E-state index contributed by atoms with van der Waals surface area (Å²) in [5, 5.41) is 0. The Bertz CT molecular complexity index is 513. The summed E-state index contributed by atoms with van der Waals surface area (Å²) >= 11 is 0. The van der Waals surface area contributed by atoms with E-state index < -0.39 is 17.2 Å². The molecule has 0 aliphatic carbocycles. The molecule has 1 amide bonds. The highest BCUT2D eigenvalue weighted by Gasteiger charge is 2.13. The van der Waals surface area contributed by atoms with E-state index in [1.807, 2.05) is 6.92 Å². The van der Waals surface area contributed by atoms with Crippen LogP contribution in [-0.2, 0) is 13.1 Å². The van der Waals surface area contributed by atoms with Crippen molar-refractivity contribution in [2.75, 3.05) is 0 Å². The van der Waals surface area contributed by atoms with Crippen LogP contribution in [0.1, 0.15) is 30.6 Å². The second-order valence-electron chi connectivity index (χ2n) is 3.43. The van der Waals surface area contributed by atoms with Crippen molar-refractivity contribution in [2.24, 2.45) is 5.73 Å². The van der Waals surface area contributed by atoms with E-state index in [0.717, 1.165) is 11.0 Å². The molecule has 0 unspecified atom stereocenters. The van der Waals surface area contributed by atoms with Crippen molar-refractivity contribution < 1.29 is 4.79 Å². The van der Waals surface area contributed by atoms with Crippen molar-refractivity contribution in [2.45, 2.75) is 33.4 Å². The molecule has 0 radical (unpaired) electrons. The predicted molar refractivity (Wildman–Crippen MR) is 59.4 cm³/mol. The van der Waals surface area contributed by atoms with E-state index in [1.165, 1.54) is 10.8 Å². The minimum absolute atomic E-state index is 0.144. The van der Waals surface area contributed by atoms with Crippen molar-refractivity contribution in [1.29, 1.82) is 0 Å². The van der Waals surface area contributed by atoms with Crippen LogP contribution in [0.4, 0.5) is 0 Å². The summed E-state index contributed by atoms with van der Waals surface area (Å²) < 4.78 is 2.35. The van der Waals surface area contributed by atoms with E-state index in [9.17, 15) is 14.4 Å². The standard InChI is InChI=1S/C10H15N3O3/c1-3-5-12-6-7(8(11)14)9(15)13(4-2)10(12)16/h6H,3-5H2,1-2H3,(H2,11,14). The van der Waals surface area contributed by atoms with Gasteiger partial charge in [0.25, 0.3) is 11.5 Å². The van der Waals surface area contributed by atoms with Gasteiger partial charge in [0.2, 0.25) is 0 Å². The molecule has 16 heavy (non-hydrogen) atoms. The fraction of sp³-hybridized carbons (Fsp3) is 0.500. The molecule has 88 valence electrons. The SMILES string of the molecule is CCCn1cc(C(N)=O)c(=O)n(CC)c1=O. The second kappa shape index (κ2) is 4.78. The lowest BCUT2D eigenvalue weighted by atomic mass is 10.3. The third-order valence-electron chi connectivity index (χ3n) is 2.28. The number of hydrogen-bond acceptors (Lipinski definition) is 3. The lowest BCUT2D eigenvalue weighted by Crippen LogP contribution is -2.42. The fourth-order valence-electron chi connectivity index (χ4n) is 1.50. The van der Waals surface area contributed by atoms with Crippen LogP contribution in [0.5, 0.6) is 0 Å². The number of rotatable bonds is 4. The van der Waals surface area contributed by atoms with Gasteiger partial charge >= 0.3 is 5.69 Å². The molecule has 1 aromatic heterocycles. The first-order valence-corrected chi connectivity index (χ1v) is 5.17. The van der Waals surface area contributed by atoms with Crippen LogP contribution in [0.25, 0.3) is 0 Å². The molecule has 0 aromatic carbocycles. The molecule has 0 aliphatic heterocycles. The van der Waals surface area contributed by atoms with Gasteiger partial charge < -0.3 is 5.73 Å². The highest BCUT2D eigenvalue weighted by Crippen LogP contribution is 1.91. The minimum atomic E-state index is -0.808. The van der Waals surface area contributed by atoms with Gasteiger partial charge in [0, 0.05) is 19.3 Å². The van der Waals surface area contributed by atoms with Crippen molar-refractivity contribution in [1.82, 2.24) is 9.13 Å². The first kappa shape index (κ1) is 12.2. The van der Waals surface area contributed by atoms with E-state index in [4.69, 9.17) is 5.73 Å². The number of aromatic nitrogens is 2. The lowest BCUT2D eigenvalue weighted by Gasteiger charge is -2.09. The molecule has 1 heterocycles. The summed E-state index contributed by atoms with van der Waals surface area (Å²) in [7, 11) is 0. The van der Waals surface area contributed by atoms with Crippen LogP contribution in [0.2, 0.25) is 0 Å². The molecule has 0 aliphatic rings. The third-order valence-corrected chi connectivity index (χ3v) is 2.28. The summed E-state index contributed by atoms with van der Waals surface area (Å²) in [6.07, 6.45) is 1.97. The molecule has 0 spiro atoms. The van der Waals surface area contributed by atoms with Crippen LogP contribution in [0.15, 0.2) is 15.8 Å². The Hall–Kier alpha value is -1.85. The Labute approximate surface area is 92.3 Å². The number of aryl methyl sites for hydroxylation is 1. The van der Waals surface area contributed by atoms with Crippen molar-refractivity contribution in [3.8, 4) is 0 Å². The molecule has 0 fully saturated rings. The number of primary amides is 1. The molecule has 1 rings (SSSR count). The largest absolute Gasteiger partial charge is 0.365 e. The number of nitrogens with zero attached hydrogens (tertiary/aromatic N) is 2. The van der Waals surface area contributed by atoms with E-state index in [0.29, 0.717) is 6.54 Å². The summed E-state index contributed by atoms with van der Waals surface area (Å²) in [6.45, 7) is 4.25. The maximum absolute atomic E-state index is 11.8. The first-order chi connectivity index (χ1) is 7.52. The number of amides is 1. The van der Waals surface area contributed by atoms with Gasteiger partial charge in [-0.1, -0.05) is 6.92 Å². The fourth-order valence-corrected chi connectivity index (χ4v) is 1.50. The Morgan fingerprint density at radius 1 is 1.38 bits per heavy atom. The van der Waals surface area contributed by atoms with Crippen LogP contribution < -0.4 is 17.0 Å². The van der Waals surface area contributed by atoms with E-state index in [-0.39, 0.29) is 12.1 Å². The molecule has 0 atom stereocenters. The third kappa shape index (κ3) is 2.05. The first-order valence-electron chi connectivity index (χ1n) is 5.17. The molecule has 1 aromatic rings. The Balaban J connectivity index is 3.57. The summed E-state index contributed by atoms with van der Waals surface area (Å²) in [4.78, 5) is 34.5. The molecule has 0 saturated carbocycles. The van der Waals surface area contributed by atoms with E-state index in [1.54, 1.807) is 6.92 Å². The summed E-state index contributed by atoms with van der Waals surface area (Å²) in [6, 6.07) is 0. The Kier molecular flexibility index (Phi) is 3.65. The molecular weight excluding hydrogens is 210 g/mol. The molecule has 6 heteroatoms. The lowest BCUT2D eigenvalue weighted by molar-refractivity contribution is 0.0997. The average Bonchev–Trinajstić information content (AvgIpc) is 2.22. The zero-order valence-electron chi connectivity index (χ0n) is 9.40. The Morgan fingerprint density at radius 2 is 2.00 bits per heavy atom. The van der Waals surface area contributed by atoms with Crippen LogP contribution in [-0.4, -0.2) is 15.0 Å². The number of carbonyl (C=O) groups excluding carboxylic acids is 1. The zero-order chi connectivity index (χ0) is 12.3. The predicted octanol–water partition coefficient (Wildman–Crippen LogP) is -0.461. The van der Waals surface area contributed by atoms with Gasteiger partial charge in [-0.2, -0.15) is 0 Å². The van der Waals surface area contributed by atoms with Gasteiger partial charge in [-0.25, -0.2) is 4.79 Å². The average molecular weight is 225 g/mol. The maximum atomic E-state index is 11.8. The molecule has 0 saturated heterocycles. The molecule has 0 bridgehead atoms. The normalized spacial score (nSPS) is 10.4. The smallest absolute Gasteiger partial charge is 0.330 e. The summed E-state index contributed by atoms with van der Waals surface area (Å²) in [5.41, 5.74) is 3.92. The summed E-state index contributed by atoms with van der Waals surface area (Å²) in [5.74, 6) is -0.808. The molecular formula is C10H15N3O3. The monoisotopic (exact) mass is 225 g/mol. The van der Waals surface area contributed by atoms with Gasteiger partial charge in [-0.15, -0.1) is 0 Å². The zero-order valence-corrected chi connectivity index (χ0v) is 9.40. The number of nitrogens with two attached hydrogens (primary N) is 1. The van der Waals surface area contributed by atoms with Gasteiger partial charge in [0.15, 0.2) is 0 Å². The molecule has 2 N–H and O–H groups in total. The van der Waals surface area contributed by atoms with Crippen LogP contribution >= 0.6 is 0 Å². The van der Waals surface area contributed by atoms with E-state index >= 15 is 0 Å². The second-order valence-corrected chi connectivity index (χ2v) is 3.43. The van der Waals surface area contributed by atoms with Crippen LogP contribution in [0, 0.1) is 0 Å². The quantitative estimate of drug-likeness (QED) is 0.752. The number of carbonyl (C=O) groups is 1. The van der Waals surface area contributed by atoms with E-state index in [2.05, 4.69) is 0 Å². The van der Waals surface area contributed by atoms with Gasteiger partial charge in [-0.3, -0.25) is 18.7 Å². The topological polar surface area (TPSA) is 87.1 Å². The van der Waals surface area contributed by atoms with Gasteiger partial charge in [0.05, 0.1) is 0 Å². The highest BCUT2D eigenvalue weighted by molar-refractivity contribution is 5.92. The minimum Gasteiger partial charge on any atom is -0.365 e. The van der Waals surface area contributed by atoms with Crippen molar-refractivity contribution >= 4 is 5.91 Å². The highest BCUT2D eigenvalue weighted by atomic mass is 16.2. The van der Waals surface area contributed by atoms with Crippen molar-refractivity contribution in [3.05, 3.63) is 32.6 Å². The maximum Gasteiger partial charge on any atom is 0.330 e. The number of hydrogen-bond donors (Lipinski definition) is 1. The van der Waals surface area contributed by atoms with Crippen LogP contribution in [0.3, 0.4) is 0 Å².